The molecule has 3 heterocycles. The second-order valence-electron chi connectivity index (χ2n) is 15.2. The summed E-state index contributed by atoms with van der Waals surface area (Å²) in [4.78, 5) is 46.0. The third-order valence-electron chi connectivity index (χ3n) is 12.0. The van der Waals surface area contributed by atoms with Crippen LogP contribution in [-0.2, 0) is 11.0 Å². The van der Waals surface area contributed by atoms with Gasteiger partial charge in [-0.25, -0.2) is 14.0 Å². The molecule has 4 aromatic rings. The number of rotatable bonds is 8. The number of nitriles is 1. The maximum absolute atomic E-state index is 14.2. The van der Waals surface area contributed by atoms with Crippen LogP contribution < -0.4 is 5.69 Å². The average Bonchev–Trinajstić information content (AvgIpc) is 3.45. The summed E-state index contributed by atoms with van der Waals surface area (Å²) in [7, 11) is 4.18. The van der Waals surface area contributed by atoms with E-state index in [4.69, 9.17) is 0 Å². The summed E-state index contributed by atoms with van der Waals surface area (Å²) in [6, 6.07) is 15.4. The van der Waals surface area contributed by atoms with E-state index in [0.717, 1.165) is 79.3 Å². The Balaban J connectivity index is 1.11. The van der Waals surface area contributed by atoms with Gasteiger partial charge in [-0.05, 0) is 132 Å². The lowest BCUT2D eigenvalue weighted by molar-refractivity contribution is -0.139. The molecule has 2 aromatic carbocycles. The highest BCUT2D eigenvalue weighted by Gasteiger charge is 2.55. The Bertz CT molecular complexity index is 2110. The monoisotopic (exact) mass is 727 g/mol. The van der Waals surface area contributed by atoms with E-state index < -0.39 is 23.3 Å². The van der Waals surface area contributed by atoms with Gasteiger partial charge in [-0.15, -0.1) is 0 Å². The van der Waals surface area contributed by atoms with Crippen molar-refractivity contribution in [3.63, 3.8) is 0 Å². The maximum Gasteiger partial charge on any atom is 0.416 e. The van der Waals surface area contributed by atoms with Gasteiger partial charge in [0.1, 0.15) is 0 Å². The summed E-state index contributed by atoms with van der Waals surface area (Å²) < 4.78 is 45.0. The van der Waals surface area contributed by atoms with E-state index in [1.165, 1.54) is 18.3 Å². The van der Waals surface area contributed by atoms with Gasteiger partial charge in [0, 0.05) is 31.5 Å². The van der Waals surface area contributed by atoms with Crippen molar-refractivity contribution in [2.24, 2.45) is 17.3 Å². The highest BCUT2D eigenvalue weighted by Crippen LogP contribution is 2.64. The van der Waals surface area contributed by atoms with Crippen LogP contribution in [0.2, 0.25) is 0 Å². The number of hydrogen-bond donors (Lipinski definition) is 0. The predicted octanol–water partition coefficient (Wildman–Crippen LogP) is 6.86. The van der Waals surface area contributed by atoms with Crippen LogP contribution >= 0.6 is 0 Å². The first kappa shape index (κ1) is 36.4. The van der Waals surface area contributed by atoms with Crippen LogP contribution in [0.1, 0.15) is 79.4 Å². The first-order valence-electron chi connectivity index (χ1n) is 18.4. The fraction of sp³-hybridized carbons (Fsp3) is 0.475. The van der Waals surface area contributed by atoms with Gasteiger partial charge >= 0.3 is 11.9 Å². The zero-order valence-corrected chi connectivity index (χ0v) is 30.3. The third-order valence-corrected chi connectivity index (χ3v) is 12.0. The van der Waals surface area contributed by atoms with Gasteiger partial charge in [0.05, 0.1) is 51.8 Å². The number of nitrogens with zero attached hydrogens (tertiary/aromatic N) is 7. The number of alkyl halides is 3. The largest absolute Gasteiger partial charge is 0.416 e. The molecule has 13 heteroatoms. The molecule has 10 nitrogen and oxygen atoms in total. The molecule has 0 unspecified atom stereocenters. The van der Waals surface area contributed by atoms with E-state index in [9.17, 15) is 32.8 Å². The van der Waals surface area contributed by atoms with Gasteiger partial charge in [-0.3, -0.25) is 14.2 Å². The van der Waals surface area contributed by atoms with Crippen LogP contribution in [0.4, 0.5) is 13.2 Å². The van der Waals surface area contributed by atoms with Crippen LogP contribution in [0.5, 0.6) is 0 Å². The number of likely N-dealkylation sites (tertiary alicyclic amines) is 1. The summed E-state index contributed by atoms with van der Waals surface area (Å²) in [6.07, 6.45) is 4.10. The summed E-state index contributed by atoms with van der Waals surface area (Å²) in [5.74, 6) is 0.170. The van der Waals surface area contributed by atoms with Crippen molar-refractivity contribution >= 4 is 11.8 Å². The Kier molecular flexibility index (Phi) is 9.70. The van der Waals surface area contributed by atoms with Crippen LogP contribution in [0.15, 0.2) is 65.6 Å². The summed E-state index contributed by atoms with van der Waals surface area (Å²) in [6.45, 7) is 3.22. The minimum atomic E-state index is -4.63. The Morgan fingerprint density at radius 1 is 1.00 bits per heavy atom. The number of carbonyl (C=O) groups is 2. The number of halogens is 3. The van der Waals surface area contributed by atoms with Crippen molar-refractivity contribution in [3.05, 3.63) is 88.1 Å². The SMILES string of the molecule is Cc1c(-c2ccnn2-c2ccc(C#N)cc2)n(C(=O)CC[C@H]2CC23CCC(C(=O)N2CCC(N(C)C)CC2)CC3)c(=O)n1-c1cccc(C(F)(F)F)c1. The van der Waals surface area contributed by atoms with Gasteiger partial charge in [0.2, 0.25) is 11.8 Å². The fourth-order valence-corrected chi connectivity index (χ4v) is 8.79. The van der Waals surface area contributed by atoms with Gasteiger partial charge in [0.15, 0.2) is 0 Å². The predicted molar refractivity (Wildman–Crippen MR) is 193 cm³/mol. The van der Waals surface area contributed by atoms with Crippen molar-refractivity contribution < 1.29 is 22.8 Å². The molecule has 0 bridgehead atoms. The fourth-order valence-electron chi connectivity index (χ4n) is 8.79. The van der Waals surface area contributed by atoms with Gasteiger partial charge in [-0.2, -0.15) is 23.5 Å². The Morgan fingerprint density at radius 3 is 2.34 bits per heavy atom. The molecule has 1 amide bonds. The zero-order chi connectivity index (χ0) is 37.7. The molecule has 1 spiro atoms. The van der Waals surface area contributed by atoms with E-state index >= 15 is 0 Å². The number of imidazole rings is 1. The molecule has 1 aliphatic heterocycles. The number of amides is 1. The van der Waals surface area contributed by atoms with E-state index in [1.54, 1.807) is 41.9 Å². The molecule has 7 rings (SSSR count). The highest BCUT2D eigenvalue weighted by atomic mass is 19.4. The van der Waals surface area contributed by atoms with Crippen molar-refractivity contribution in [1.82, 2.24) is 28.7 Å². The van der Waals surface area contributed by atoms with E-state index in [-0.39, 0.29) is 40.7 Å². The highest BCUT2D eigenvalue weighted by molar-refractivity contribution is 5.85. The van der Waals surface area contributed by atoms with Crippen LogP contribution in [0.25, 0.3) is 22.8 Å². The Morgan fingerprint density at radius 2 is 1.70 bits per heavy atom. The molecule has 2 aromatic heterocycles. The normalized spacial score (nSPS) is 22.0. The van der Waals surface area contributed by atoms with Crippen molar-refractivity contribution in [2.45, 2.75) is 76.9 Å². The first-order valence-corrected chi connectivity index (χ1v) is 18.4. The van der Waals surface area contributed by atoms with E-state index in [0.29, 0.717) is 35.3 Å². The molecule has 53 heavy (non-hydrogen) atoms. The van der Waals surface area contributed by atoms with E-state index in [2.05, 4.69) is 30.2 Å². The topological polar surface area (TPSA) is 109 Å². The molecular weight excluding hydrogens is 683 g/mol. The summed E-state index contributed by atoms with van der Waals surface area (Å²) in [5.41, 5.74) is 0.384. The average molecular weight is 728 g/mol. The van der Waals surface area contributed by atoms with Gasteiger partial charge in [0.25, 0.3) is 0 Å². The third kappa shape index (κ3) is 6.97. The number of piperidine rings is 1. The lowest BCUT2D eigenvalue weighted by Crippen LogP contribution is -2.47. The molecule has 0 N–H and O–H groups in total. The smallest absolute Gasteiger partial charge is 0.342 e. The van der Waals surface area contributed by atoms with Gasteiger partial charge < -0.3 is 9.80 Å². The van der Waals surface area contributed by atoms with Crippen LogP contribution in [0, 0.1) is 35.5 Å². The van der Waals surface area contributed by atoms with E-state index in [1.807, 2.05) is 4.90 Å². The molecule has 3 fully saturated rings. The van der Waals surface area contributed by atoms with Crippen molar-refractivity contribution in [1.29, 1.82) is 5.26 Å². The first-order chi connectivity index (χ1) is 25.3. The minimum absolute atomic E-state index is 0.00548. The second-order valence-corrected chi connectivity index (χ2v) is 15.2. The van der Waals surface area contributed by atoms with Crippen molar-refractivity contribution in [2.75, 3.05) is 27.2 Å². The van der Waals surface area contributed by atoms with Gasteiger partial charge in [-0.1, -0.05) is 6.07 Å². The Labute approximate surface area is 306 Å². The molecule has 1 atom stereocenters. The lowest BCUT2D eigenvalue weighted by atomic mass is 9.77. The molecule has 2 saturated carbocycles. The van der Waals surface area contributed by atoms with Crippen molar-refractivity contribution in [3.8, 4) is 28.8 Å². The molecule has 278 valence electrons. The Hall–Kier alpha value is -4.96. The lowest BCUT2D eigenvalue weighted by Gasteiger charge is -2.38. The minimum Gasteiger partial charge on any atom is -0.342 e. The molecule has 3 aliphatic rings. The quantitative estimate of drug-likeness (QED) is 0.196. The second kappa shape index (κ2) is 14.1. The molecule has 0 radical (unpaired) electrons. The maximum atomic E-state index is 14.2. The van der Waals surface area contributed by atoms with Crippen LogP contribution in [-0.4, -0.2) is 73.8 Å². The zero-order valence-electron chi connectivity index (χ0n) is 30.3. The summed E-state index contributed by atoms with van der Waals surface area (Å²) >= 11 is 0. The molecule has 1 saturated heterocycles. The number of aromatic nitrogens is 4. The number of carbonyl (C=O) groups excluding carboxylic acids is 2. The number of benzene rings is 2. The standard InChI is InChI=1S/C40H44F3N7O3/c1-26-36(34-15-20-45-50(34)32-10-7-27(25-44)8-11-32)49(38(53)48(26)33-6-4-5-29(23-33)40(41,42)43)35(51)12-9-30-24-39(30)18-13-28(14-19-39)37(52)47-21-16-31(17-22-47)46(2)3/h4-8,10-11,15,20,23,28,30-31H,9,12-14,16-19,21-22,24H2,1-3H3/t28?,30-,39?/m0/s1. The van der Waals surface area contributed by atoms with Crippen LogP contribution in [0.3, 0.4) is 0 Å². The number of hydrogen-bond acceptors (Lipinski definition) is 6. The molecular formula is C40H44F3N7O3. The summed E-state index contributed by atoms with van der Waals surface area (Å²) in [5, 5.41) is 13.7. The molecule has 2 aliphatic carbocycles.